The van der Waals surface area contributed by atoms with E-state index in [2.05, 4.69) is 9.97 Å². The Labute approximate surface area is 166 Å². The molecule has 1 aliphatic rings. The third-order valence-corrected chi connectivity index (χ3v) is 5.03. The summed E-state index contributed by atoms with van der Waals surface area (Å²) in [6.07, 6.45) is 3.92. The largest absolute Gasteiger partial charge is 0.464 e. The predicted octanol–water partition coefficient (Wildman–Crippen LogP) is 3.96. The molecule has 7 heteroatoms. The smallest absolute Gasteiger partial charge is 0.329 e. The molecule has 144 valence electrons. The first kappa shape index (κ1) is 17.2. The lowest BCUT2D eigenvalue weighted by Gasteiger charge is -2.08. The summed E-state index contributed by atoms with van der Waals surface area (Å²) in [4.78, 5) is 20.7. The molecule has 4 aromatic rings. The molecule has 2 aromatic carbocycles. The molecule has 3 heterocycles. The zero-order chi connectivity index (χ0) is 19.8. The number of hydrogen-bond donors (Lipinski definition) is 1. The van der Waals surface area contributed by atoms with Crippen LogP contribution in [0, 0.1) is 0 Å². The Bertz CT molecular complexity index is 1190. The average Bonchev–Trinajstić information content (AvgIpc) is 3.33. The van der Waals surface area contributed by atoms with Gasteiger partial charge in [0.25, 0.3) is 0 Å². The summed E-state index contributed by atoms with van der Waals surface area (Å²) in [6.45, 7) is 0.407. The van der Waals surface area contributed by atoms with Crippen molar-refractivity contribution in [3.8, 4) is 22.6 Å². The van der Waals surface area contributed by atoms with Crippen molar-refractivity contribution >= 4 is 22.8 Å². The molecular formula is C22H18N4O3. The molecule has 0 spiro atoms. The Balaban J connectivity index is 1.55. The molecule has 7 nitrogen and oxygen atoms in total. The normalized spacial score (nSPS) is 16.1. The number of ether oxygens (including phenoxy) is 2. The molecule has 0 amide bonds. The van der Waals surface area contributed by atoms with Crippen LogP contribution >= 0.6 is 0 Å². The van der Waals surface area contributed by atoms with E-state index in [4.69, 9.17) is 15.2 Å². The Kier molecular flexibility index (Phi) is 4.13. The second-order valence-corrected chi connectivity index (χ2v) is 6.82. The maximum absolute atomic E-state index is 12.1. The van der Waals surface area contributed by atoms with Crippen molar-refractivity contribution in [3.63, 3.8) is 0 Å². The first-order valence-corrected chi connectivity index (χ1v) is 9.32. The third kappa shape index (κ3) is 3.06. The van der Waals surface area contributed by atoms with Gasteiger partial charge in [0.05, 0.1) is 12.0 Å². The highest BCUT2D eigenvalue weighted by Crippen LogP contribution is 2.37. The van der Waals surface area contributed by atoms with Crippen LogP contribution in [0.15, 0.2) is 67.1 Å². The average molecular weight is 386 g/mol. The number of nitrogen functional groups attached to an aromatic ring is 1. The van der Waals surface area contributed by atoms with Crippen molar-refractivity contribution in [1.29, 1.82) is 0 Å². The van der Waals surface area contributed by atoms with E-state index >= 15 is 0 Å². The van der Waals surface area contributed by atoms with Gasteiger partial charge in [-0.3, -0.25) is 0 Å². The van der Waals surface area contributed by atoms with Crippen LogP contribution in [0.5, 0.6) is 11.5 Å². The van der Waals surface area contributed by atoms with Crippen LogP contribution in [0.25, 0.3) is 22.2 Å². The van der Waals surface area contributed by atoms with Gasteiger partial charge < -0.3 is 19.8 Å². The van der Waals surface area contributed by atoms with E-state index in [1.54, 1.807) is 0 Å². The van der Waals surface area contributed by atoms with Gasteiger partial charge in [-0.15, -0.1) is 0 Å². The highest BCUT2D eigenvalue weighted by atomic mass is 16.5. The first-order chi connectivity index (χ1) is 14.2. The number of nitrogens with two attached hydrogens (primary N) is 1. The monoisotopic (exact) mass is 386 g/mol. The van der Waals surface area contributed by atoms with Crippen molar-refractivity contribution in [2.45, 2.75) is 12.5 Å². The van der Waals surface area contributed by atoms with Gasteiger partial charge in [-0.1, -0.05) is 30.3 Å². The van der Waals surface area contributed by atoms with E-state index in [1.807, 2.05) is 65.4 Å². The van der Waals surface area contributed by atoms with Crippen LogP contribution in [0.3, 0.4) is 0 Å². The van der Waals surface area contributed by atoms with Gasteiger partial charge in [-0.25, -0.2) is 14.8 Å². The Morgan fingerprint density at radius 3 is 2.52 bits per heavy atom. The fourth-order valence-electron chi connectivity index (χ4n) is 3.63. The van der Waals surface area contributed by atoms with E-state index in [1.165, 1.54) is 6.33 Å². The number of para-hydroxylation sites is 1. The van der Waals surface area contributed by atoms with Gasteiger partial charge in [0, 0.05) is 18.2 Å². The summed E-state index contributed by atoms with van der Waals surface area (Å²) in [5.74, 6) is 1.62. The minimum atomic E-state index is -0.402. The third-order valence-electron chi connectivity index (χ3n) is 5.03. The van der Waals surface area contributed by atoms with E-state index in [0.717, 1.165) is 28.0 Å². The highest BCUT2D eigenvalue weighted by molar-refractivity contribution is 6.01. The van der Waals surface area contributed by atoms with Gasteiger partial charge in [-0.05, 0) is 29.8 Å². The number of nitrogens with zero attached hydrogens (tertiary/aromatic N) is 3. The number of carbonyl (C=O) groups excluding carboxylic acids is 1. The Hall–Kier alpha value is -3.87. The summed E-state index contributed by atoms with van der Waals surface area (Å²) in [6, 6.07) is 16.9. The number of aromatic nitrogens is 3. The molecule has 2 aromatic heterocycles. The molecule has 1 unspecified atom stereocenters. The van der Waals surface area contributed by atoms with Gasteiger partial charge in [0.2, 0.25) is 0 Å². The van der Waals surface area contributed by atoms with Crippen LogP contribution in [0.1, 0.15) is 12.5 Å². The SMILES string of the molecule is Nc1ncnc2c1c(-c1ccc(Oc3ccccc3)cc1)cn2C1CCOC1=O. The van der Waals surface area contributed by atoms with E-state index in [-0.39, 0.29) is 5.97 Å². The maximum atomic E-state index is 12.1. The Morgan fingerprint density at radius 1 is 1.03 bits per heavy atom. The number of fused-ring (bicyclic) bond motifs is 1. The molecule has 0 bridgehead atoms. The molecule has 1 fully saturated rings. The number of esters is 1. The standard InChI is InChI=1S/C22H18N4O3/c23-20-19-17(12-26(21(19)25-13-24-20)18-10-11-28-22(18)27)14-6-8-16(9-7-14)29-15-4-2-1-3-5-15/h1-9,12-13,18H,10-11H2,(H2,23,24,25). The second-order valence-electron chi connectivity index (χ2n) is 6.82. The van der Waals surface area contributed by atoms with E-state index in [9.17, 15) is 4.79 Å². The summed E-state index contributed by atoms with van der Waals surface area (Å²) < 4.78 is 12.8. The summed E-state index contributed by atoms with van der Waals surface area (Å²) >= 11 is 0. The number of cyclic esters (lactones) is 1. The molecule has 29 heavy (non-hydrogen) atoms. The molecule has 2 N–H and O–H groups in total. The second kappa shape index (κ2) is 6.94. The molecular weight excluding hydrogens is 368 g/mol. The number of rotatable bonds is 4. The fraction of sp³-hybridized carbons (Fsp3) is 0.136. The van der Waals surface area contributed by atoms with Crippen LogP contribution in [0.4, 0.5) is 5.82 Å². The first-order valence-electron chi connectivity index (χ1n) is 9.32. The zero-order valence-electron chi connectivity index (χ0n) is 15.5. The topological polar surface area (TPSA) is 92.3 Å². The van der Waals surface area contributed by atoms with Crippen LogP contribution in [-0.4, -0.2) is 27.1 Å². The lowest BCUT2D eigenvalue weighted by molar-refractivity contribution is -0.140. The number of hydrogen-bond acceptors (Lipinski definition) is 6. The van der Waals surface area contributed by atoms with Crippen molar-refractivity contribution in [2.24, 2.45) is 0 Å². The molecule has 1 atom stereocenters. The fourth-order valence-corrected chi connectivity index (χ4v) is 3.63. The number of anilines is 1. The molecule has 0 aliphatic carbocycles. The lowest BCUT2D eigenvalue weighted by atomic mass is 10.1. The van der Waals surface area contributed by atoms with Crippen molar-refractivity contribution in [3.05, 3.63) is 67.1 Å². The summed E-state index contributed by atoms with van der Waals surface area (Å²) in [5.41, 5.74) is 8.59. The molecule has 1 saturated heterocycles. The van der Waals surface area contributed by atoms with Crippen molar-refractivity contribution in [1.82, 2.24) is 14.5 Å². The van der Waals surface area contributed by atoms with Gasteiger partial charge in [-0.2, -0.15) is 0 Å². The predicted molar refractivity (Wildman–Crippen MR) is 109 cm³/mol. The Morgan fingerprint density at radius 2 is 1.79 bits per heavy atom. The van der Waals surface area contributed by atoms with Gasteiger partial charge >= 0.3 is 5.97 Å². The van der Waals surface area contributed by atoms with Crippen LogP contribution in [-0.2, 0) is 9.53 Å². The van der Waals surface area contributed by atoms with Crippen molar-refractivity contribution in [2.75, 3.05) is 12.3 Å². The number of benzene rings is 2. The lowest BCUT2D eigenvalue weighted by Crippen LogP contribution is -2.13. The van der Waals surface area contributed by atoms with Gasteiger partial charge in [0.15, 0.2) is 0 Å². The minimum Gasteiger partial charge on any atom is -0.464 e. The minimum absolute atomic E-state index is 0.253. The van der Waals surface area contributed by atoms with E-state index < -0.39 is 6.04 Å². The molecule has 5 rings (SSSR count). The summed E-state index contributed by atoms with van der Waals surface area (Å²) in [7, 11) is 0. The highest BCUT2D eigenvalue weighted by Gasteiger charge is 2.31. The van der Waals surface area contributed by atoms with Crippen molar-refractivity contribution < 1.29 is 14.3 Å². The van der Waals surface area contributed by atoms with Crippen LogP contribution in [0.2, 0.25) is 0 Å². The molecule has 0 saturated carbocycles. The zero-order valence-corrected chi connectivity index (χ0v) is 15.5. The maximum Gasteiger partial charge on any atom is 0.329 e. The number of carbonyl (C=O) groups is 1. The molecule has 0 radical (unpaired) electrons. The van der Waals surface area contributed by atoms with Crippen LogP contribution < -0.4 is 10.5 Å². The quantitative estimate of drug-likeness (QED) is 0.534. The molecule has 1 aliphatic heterocycles. The van der Waals surface area contributed by atoms with Gasteiger partial charge in [0.1, 0.15) is 35.3 Å². The summed E-state index contributed by atoms with van der Waals surface area (Å²) in [5, 5.41) is 0.726. The van der Waals surface area contributed by atoms with E-state index in [0.29, 0.717) is 24.5 Å².